The smallest absolute Gasteiger partial charge is 0.150 e. The molecule has 24 heavy (non-hydrogen) atoms. The van der Waals surface area contributed by atoms with Crippen LogP contribution in [0.3, 0.4) is 0 Å². The number of nitriles is 1. The Labute approximate surface area is 138 Å². The van der Waals surface area contributed by atoms with Gasteiger partial charge < -0.3 is 15.4 Å². The molecule has 2 aliphatic rings. The summed E-state index contributed by atoms with van der Waals surface area (Å²) >= 11 is 0. The van der Waals surface area contributed by atoms with Crippen LogP contribution in [-0.4, -0.2) is 35.1 Å². The van der Waals surface area contributed by atoms with Crippen LogP contribution >= 0.6 is 0 Å². The highest BCUT2D eigenvalue weighted by atomic mass is 16.5. The molecule has 0 atom stereocenters. The Morgan fingerprint density at radius 1 is 1.29 bits per heavy atom. The number of fused-ring (bicyclic) bond motifs is 3. The average molecular weight is 318 g/mol. The minimum absolute atomic E-state index is 0.153. The van der Waals surface area contributed by atoms with Crippen LogP contribution in [0.4, 0.5) is 11.5 Å². The number of amidine groups is 1. The Morgan fingerprint density at radius 2 is 2.21 bits per heavy atom. The van der Waals surface area contributed by atoms with Gasteiger partial charge in [0.1, 0.15) is 34.8 Å². The minimum atomic E-state index is 0.153. The zero-order valence-corrected chi connectivity index (χ0v) is 12.8. The summed E-state index contributed by atoms with van der Waals surface area (Å²) in [6.07, 6.45) is 4.35. The first-order valence-electron chi connectivity index (χ1n) is 7.58. The maximum atomic E-state index is 9.23. The lowest BCUT2D eigenvalue weighted by molar-refractivity contribution is 0.480. The van der Waals surface area contributed by atoms with Crippen molar-refractivity contribution in [3.63, 3.8) is 0 Å². The molecule has 0 saturated carbocycles. The molecule has 2 N–H and O–H groups in total. The van der Waals surface area contributed by atoms with Gasteiger partial charge in [-0.1, -0.05) is 0 Å². The number of pyridine rings is 1. The van der Waals surface area contributed by atoms with Crippen molar-refractivity contribution in [2.24, 2.45) is 9.98 Å². The van der Waals surface area contributed by atoms with Gasteiger partial charge in [-0.05, 0) is 24.6 Å². The molecular weight excluding hydrogens is 304 g/mol. The van der Waals surface area contributed by atoms with Gasteiger partial charge in [0.25, 0.3) is 0 Å². The number of nitrogens with two attached hydrogens (primary N) is 1. The second-order valence-corrected chi connectivity index (χ2v) is 5.46. The molecule has 1 aromatic carbocycles. The Bertz CT molecular complexity index is 912. The summed E-state index contributed by atoms with van der Waals surface area (Å²) in [5, 5.41) is 9.23. The van der Waals surface area contributed by atoms with E-state index >= 15 is 0 Å². The van der Waals surface area contributed by atoms with Gasteiger partial charge in [-0.2, -0.15) is 5.26 Å². The number of nitrogen functional groups attached to an aromatic ring is 1. The number of aromatic nitrogens is 1. The Hall–Kier alpha value is -3.40. The highest BCUT2D eigenvalue weighted by Crippen LogP contribution is 2.33. The first-order valence-corrected chi connectivity index (χ1v) is 7.58. The molecule has 3 heterocycles. The SMILES string of the molecule is N#Cc1c(Oc2ccc3c(c2)C2=NCCCN2C=N3)ccnc1N. The summed E-state index contributed by atoms with van der Waals surface area (Å²) in [4.78, 5) is 15.0. The molecule has 2 aliphatic heterocycles. The Morgan fingerprint density at radius 3 is 3.08 bits per heavy atom. The van der Waals surface area contributed by atoms with Crippen molar-refractivity contribution in [2.75, 3.05) is 18.8 Å². The molecule has 0 amide bonds. The third kappa shape index (κ3) is 2.34. The maximum Gasteiger partial charge on any atom is 0.150 e. The van der Waals surface area contributed by atoms with Crippen molar-refractivity contribution in [2.45, 2.75) is 6.42 Å². The van der Waals surface area contributed by atoms with Gasteiger partial charge >= 0.3 is 0 Å². The van der Waals surface area contributed by atoms with Gasteiger partial charge in [-0.15, -0.1) is 0 Å². The number of ether oxygens (including phenoxy) is 1. The van der Waals surface area contributed by atoms with E-state index in [4.69, 9.17) is 10.5 Å². The highest BCUT2D eigenvalue weighted by Gasteiger charge is 2.22. The van der Waals surface area contributed by atoms with Gasteiger partial charge in [-0.25, -0.2) is 9.98 Å². The molecule has 0 radical (unpaired) electrons. The van der Waals surface area contributed by atoms with E-state index in [0.29, 0.717) is 11.5 Å². The zero-order valence-electron chi connectivity index (χ0n) is 12.8. The Balaban J connectivity index is 1.73. The number of rotatable bonds is 2. The first-order chi connectivity index (χ1) is 11.8. The van der Waals surface area contributed by atoms with Crippen molar-refractivity contribution >= 4 is 23.7 Å². The van der Waals surface area contributed by atoms with Crippen LogP contribution in [0.15, 0.2) is 40.4 Å². The van der Waals surface area contributed by atoms with E-state index < -0.39 is 0 Å². The van der Waals surface area contributed by atoms with E-state index in [1.807, 2.05) is 35.5 Å². The number of anilines is 1. The molecule has 0 spiro atoms. The van der Waals surface area contributed by atoms with Crippen molar-refractivity contribution < 1.29 is 4.74 Å². The third-order valence-corrected chi connectivity index (χ3v) is 3.92. The molecule has 0 bridgehead atoms. The second kappa shape index (κ2) is 5.66. The number of nitrogens with zero attached hydrogens (tertiary/aromatic N) is 5. The molecule has 4 rings (SSSR count). The normalized spacial score (nSPS) is 15.1. The van der Waals surface area contributed by atoms with Crippen LogP contribution < -0.4 is 10.5 Å². The fourth-order valence-corrected chi connectivity index (χ4v) is 2.76. The van der Waals surface area contributed by atoms with E-state index in [1.165, 1.54) is 6.20 Å². The molecule has 1 aromatic heterocycles. The van der Waals surface area contributed by atoms with E-state index in [2.05, 4.69) is 15.0 Å². The van der Waals surface area contributed by atoms with Gasteiger partial charge in [0.15, 0.2) is 0 Å². The molecular formula is C17H14N6O. The summed E-state index contributed by atoms with van der Waals surface area (Å²) in [5.74, 6) is 2.04. The number of aliphatic imine (C=N–C) groups is 2. The topological polar surface area (TPSA) is 99.9 Å². The minimum Gasteiger partial charge on any atom is -0.456 e. The summed E-state index contributed by atoms with van der Waals surface area (Å²) in [6, 6.07) is 9.23. The molecule has 7 nitrogen and oxygen atoms in total. The van der Waals surface area contributed by atoms with Gasteiger partial charge in [-0.3, -0.25) is 4.99 Å². The zero-order chi connectivity index (χ0) is 16.5. The maximum absolute atomic E-state index is 9.23. The van der Waals surface area contributed by atoms with E-state index in [9.17, 15) is 5.26 Å². The van der Waals surface area contributed by atoms with Crippen molar-refractivity contribution in [1.82, 2.24) is 9.88 Å². The van der Waals surface area contributed by atoms with Crippen LogP contribution in [0, 0.1) is 11.3 Å². The molecule has 2 aromatic rings. The quantitative estimate of drug-likeness (QED) is 0.916. The monoisotopic (exact) mass is 318 g/mol. The van der Waals surface area contributed by atoms with Crippen LogP contribution in [0.5, 0.6) is 11.5 Å². The second-order valence-electron chi connectivity index (χ2n) is 5.46. The molecule has 7 heteroatoms. The standard InChI is InChI=1S/C17H14N6O/c18-9-13-15(4-6-20-16(13)19)24-11-2-3-14-12(8-11)17-21-5-1-7-23(17)10-22-14/h2-4,6,8,10H,1,5,7H2,(H2,19,20). The number of hydrogen-bond acceptors (Lipinski definition) is 7. The fourth-order valence-electron chi connectivity index (χ4n) is 2.76. The van der Waals surface area contributed by atoms with E-state index in [1.54, 1.807) is 6.07 Å². The van der Waals surface area contributed by atoms with Crippen LogP contribution in [0.1, 0.15) is 17.5 Å². The largest absolute Gasteiger partial charge is 0.456 e. The molecule has 0 unspecified atom stereocenters. The lowest BCUT2D eigenvalue weighted by Gasteiger charge is -2.29. The van der Waals surface area contributed by atoms with E-state index in [0.717, 1.165) is 36.6 Å². The summed E-state index contributed by atoms with van der Waals surface area (Å²) < 4.78 is 5.86. The van der Waals surface area contributed by atoms with Crippen LogP contribution in [0.25, 0.3) is 0 Å². The predicted molar refractivity (Wildman–Crippen MR) is 90.8 cm³/mol. The first kappa shape index (κ1) is 14.2. The number of benzene rings is 1. The third-order valence-electron chi connectivity index (χ3n) is 3.92. The Kier molecular flexibility index (Phi) is 3.35. The number of hydrogen-bond donors (Lipinski definition) is 1. The van der Waals surface area contributed by atoms with Crippen molar-refractivity contribution in [3.05, 3.63) is 41.6 Å². The molecule has 118 valence electrons. The van der Waals surface area contributed by atoms with Gasteiger partial charge in [0.05, 0.1) is 12.0 Å². The lowest BCUT2D eigenvalue weighted by atomic mass is 10.1. The van der Waals surface area contributed by atoms with Crippen LogP contribution in [0.2, 0.25) is 0 Å². The molecule has 0 aliphatic carbocycles. The predicted octanol–water partition coefficient (Wildman–Crippen LogP) is 2.45. The van der Waals surface area contributed by atoms with Crippen LogP contribution in [-0.2, 0) is 0 Å². The highest BCUT2D eigenvalue weighted by molar-refractivity contribution is 6.11. The summed E-state index contributed by atoms with van der Waals surface area (Å²) in [7, 11) is 0. The summed E-state index contributed by atoms with van der Waals surface area (Å²) in [5.41, 5.74) is 7.73. The lowest BCUT2D eigenvalue weighted by Crippen LogP contribution is -2.36. The van der Waals surface area contributed by atoms with Crippen molar-refractivity contribution in [3.8, 4) is 17.6 Å². The van der Waals surface area contributed by atoms with E-state index in [-0.39, 0.29) is 11.4 Å². The molecule has 0 fully saturated rings. The van der Waals surface area contributed by atoms with Gasteiger partial charge in [0.2, 0.25) is 0 Å². The fraction of sp³-hybridized carbons (Fsp3) is 0.176. The average Bonchev–Trinajstić information content (AvgIpc) is 2.62. The summed E-state index contributed by atoms with van der Waals surface area (Å²) in [6.45, 7) is 1.72. The molecule has 0 saturated heterocycles. The van der Waals surface area contributed by atoms with Gasteiger partial charge in [0, 0.05) is 30.9 Å². The van der Waals surface area contributed by atoms with Crippen molar-refractivity contribution in [1.29, 1.82) is 5.26 Å².